The Bertz CT molecular complexity index is 1260. The van der Waals surface area contributed by atoms with Crippen LogP contribution in [0.5, 0.6) is 0 Å². The molecule has 0 aliphatic heterocycles. The maximum Gasteiger partial charge on any atom is 0.112 e. The molecule has 0 heterocycles. The van der Waals surface area contributed by atoms with Crippen LogP contribution in [0.2, 0.25) is 13.1 Å². The van der Waals surface area contributed by atoms with E-state index in [1.165, 1.54) is 95.1 Å². The third kappa shape index (κ3) is 9.30. The lowest BCUT2D eigenvalue weighted by Crippen LogP contribution is -2.52. The molecule has 41 heavy (non-hydrogen) atoms. The third-order valence-corrected chi connectivity index (χ3v) is 11.9. The van der Waals surface area contributed by atoms with E-state index in [0.29, 0.717) is 0 Å². The first-order valence-corrected chi connectivity index (χ1v) is 18.7. The van der Waals surface area contributed by atoms with Gasteiger partial charge in [-0.2, -0.15) is 0 Å². The van der Waals surface area contributed by atoms with Crippen LogP contribution >= 0.6 is 0 Å². The topological polar surface area (TPSA) is 0 Å². The van der Waals surface area contributed by atoms with Crippen molar-refractivity contribution in [3.63, 3.8) is 0 Å². The molecule has 4 aromatic carbocycles. The van der Waals surface area contributed by atoms with Crippen molar-refractivity contribution in [1.82, 2.24) is 0 Å². The highest BCUT2D eigenvalue weighted by molar-refractivity contribution is 7.00. The molecular weight excluding hydrogens is 509 g/mol. The zero-order valence-corrected chi connectivity index (χ0v) is 26.7. The summed E-state index contributed by atoms with van der Waals surface area (Å²) in [6.07, 6.45) is 19.0. The molecule has 0 N–H and O–H groups in total. The van der Waals surface area contributed by atoms with Crippen LogP contribution in [0.4, 0.5) is 0 Å². The first-order valence-electron chi connectivity index (χ1n) is 15.7. The fourth-order valence-corrected chi connectivity index (χ4v) is 7.66. The summed E-state index contributed by atoms with van der Waals surface area (Å²) in [5.74, 6) is 0. The number of hydrogen-bond donors (Lipinski definition) is 0. The fraction of sp³-hybridized carbons (Fsp3) is 0.300. The Morgan fingerprint density at radius 2 is 0.707 bits per heavy atom. The van der Waals surface area contributed by atoms with E-state index in [-0.39, 0.29) is 0 Å². The van der Waals surface area contributed by atoms with Crippen LogP contribution < -0.4 is 10.4 Å². The van der Waals surface area contributed by atoms with Gasteiger partial charge >= 0.3 is 0 Å². The molecule has 212 valence electrons. The summed E-state index contributed by atoms with van der Waals surface area (Å²) in [4.78, 5) is 0. The van der Waals surface area contributed by atoms with Crippen molar-refractivity contribution in [1.29, 1.82) is 0 Å². The van der Waals surface area contributed by atoms with Gasteiger partial charge in [0, 0.05) is 0 Å². The summed E-state index contributed by atoms with van der Waals surface area (Å²) in [7, 11) is -1.76. The molecule has 0 unspecified atom stereocenters. The highest BCUT2D eigenvalue weighted by Gasteiger charge is 2.25. The van der Waals surface area contributed by atoms with Gasteiger partial charge in [0.15, 0.2) is 0 Å². The Morgan fingerprint density at radius 1 is 0.415 bits per heavy atom. The molecule has 4 aromatic rings. The molecule has 0 aliphatic carbocycles. The van der Waals surface area contributed by atoms with Crippen molar-refractivity contribution < 1.29 is 0 Å². The van der Waals surface area contributed by atoms with Crippen LogP contribution in [0.25, 0.3) is 24.3 Å². The van der Waals surface area contributed by atoms with Gasteiger partial charge in [0.25, 0.3) is 0 Å². The molecule has 0 saturated carbocycles. The van der Waals surface area contributed by atoms with E-state index in [1.54, 1.807) is 0 Å². The number of hydrogen-bond acceptors (Lipinski definition) is 0. The van der Waals surface area contributed by atoms with Crippen LogP contribution in [0.1, 0.15) is 85.8 Å². The smallest absolute Gasteiger partial charge is 0.0654 e. The monoisotopic (exact) mass is 556 g/mol. The molecule has 0 atom stereocenters. The SMILES string of the molecule is CCCCCc1ccc(C=Cc2ccc([Si](C)(C)c3ccc(C=Cc4ccc(CCCCC)cc4)cc3)cc2)cc1. The van der Waals surface area contributed by atoms with E-state index in [1.807, 2.05) is 0 Å². The van der Waals surface area contributed by atoms with E-state index in [4.69, 9.17) is 0 Å². The summed E-state index contributed by atoms with van der Waals surface area (Å²) in [6, 6.07) is 36.5. The molecule has 0 aromatic heterocycles. The predicted octanol–water partition coefficient (Wildman–Crippen LogP) is 10.3. The molecule has 0 saturated heterocycles. The van der Waals surface area contributed by atoms with Crippen molar-refractivity contribution >= 4 is 42.8 Å². The average molecular weight is 557 g/mol. The summed E-state index contributed by atoms with van der Waals surface area (Å²) in [6.45, 7) is 9.42. The van der Waals surface area contributed by atoms with E-state index in [0.717, 1.165) is 0 Å². The summed E-state index contributed by atoms with van der Waals surface area (Å²) in [5.41, 5.74) is 7.91. The Morgan fingerprint density at radius 3 is 1.00 bits per heavy atom. The Balaban J connectivity index is 1.34. The van der Waals surface area contributed by atoms with Gasteiger partial charge in [-0.1, -0.05) is 184 Å². The van der Waals surface area contributed by atoms with Gasteiger partial charge in [-0.15, -0.1) is 0 Å². The lowest BCUT2D eigenvalue weighted by atomic mass is 10.0. The Kier molecular flexibility index (Phi) is 11.6. The zero-order valence-electron chi connectivity index (χ0n) is 25.7. The number of rotatable bonds is 14. The van der Waals surface area contributed by atoms with Crippen LogP contribution in [-0.2, 0) is 12.8 Å². The zero-order chi connectivity index (χ0) is 28.9. The molecule has 0 aliphatic rings. The summed E-state index contributed by atoms with van der Waals surface area (Å²) >= 11 is 0. The third-order valence-electron chi connectivity index (χ3n) is 8.30. The second-order valence-electron chi connectivity index (χ2n) is 11.9. The minimum absolute atomic E-state index is 1.19. The minimum Gasteiger partial charge on any atom is -0.0654 e. The average Bonchev–Trinajstić information content (AvgIpc) is 3.01. The first-order chi connectivity index (χ1) is 20.0. The molecule has 0 bridgehead atoms. The first kappa shape index (κ1) is 30.5. The number of benzene rings is 4. The Hall–Kier alpha value is -3.42. The number of aryl methyl sites for hydroxylation is 2. The van der Waals surface area contributed by atoms with E-state index in [2.05, 4.69) is 148 Å². The minimum atomic E-state index is -1.76. The van der Waals surface area contributed by atoms with Crippen LogP contribution in [-0.4, -0.2) is 8.07 Å². The molecule has 1 heteroatoms. The summed E-state index contributed by atoms with van der Waals surface area (Å²) < 4.78 is 0. The second kappa shape index (κ2) is 15.5. The summed E-state index contributed by atoms with van der Waals surface area (Å²) in [5, 5.41) is 2.93. The standard InChI is InChI=1S/C40H48Si/c1-5-7-9-11-33-13-17-35(18-14-33)21-23-37-25-29-39(30-26-37)41(3,4)40-31-27-38(28-32-40)24-22-36-19-15-34(16-20-36)12-10-8-6-2/h13-32H,5-12H2,1-4H3. The molecule has 0 amide bonds. The van der Waals surface area contributed by atoms with Crippen molar-refractivity contribution in [2.24, 2.45) is 0 Å². The van der Waals surface area contributed by atoms with Gasteiger partial charge in [-0.05, 0) is 59.1 Å². The van der Waals surface area contributed by atoms with E-state index >= 15 is 0 Å². The van der Waals surface area contributed by atoms with Gasteiger partial charge in [-0.3, -0.25) is 0 Å². The highest BCUT2D eigenvalue weighted by Crippen LogP contribution is 2.15. The van der Waals surface area contributed by atoms with Gasteiger partial charge < -0.3 is 0 Å². The quantitative estimate of drug-likeness (QED) is 0.0823. The van der Waals surface area contributed by atoms with Gasteiger partial charge in [0.2, 0.25) is 0 Å². The number of unbranched alkanes of at least 4 members (excludes halogenated alkanes) is 4. The molecule has 0 nitrogen and oxygen atoms in total. The molecular formula is C40H48Si. The van der Waals surface area contributed by atoms with Crippen LogP contribution in [0, 0.1) is 0 Å². The Labute approximate surface area is 250 Å². The lowest BCUT2D eigenvalue weighted by molar-refractivity contribution is 0.717. The highest BCUT2D eigenvalue weighted by atomic mass is 28.3. The predicted molar refractivity (Wildman–Crippen MR) is 187 cm³/mol. The van der Waals surface area contributed by atoms with Gasteiger partial charge in [0.1, 0.15) is 8.07 Å². The molecule has 4 rings (SSSR count). The van der Waals surface area contributed by atoms with E-state index < -0.39 is 8.07 Å². The maximum absolute atomic E-state index is 2.45. The normalized spacial score (nSPS) is 12.0. The van der Waals surface area contributed by atoms with Crippen molar-refractivity contribution in [2.45, 2.75) is 78.3 Å². The maximum atomic E-state index is 2.45. The molecule has 0 spiro atoms. The van der Waals surface area contributed by atoms with Crippen LogP contribution in [0.15, 0.2) is 97.1 Å². The molecule has 0 radical (unpaired) electrons. The second-order valence-corrected chi connectivity index (χ2v) is 16.3. The van der Waals surface area contributed by atoms with Crippen molar-refractivity contribution in [3.8, 4) is 0 Å². The molecule has 0 fully saturated rings. The van der Waals surface area contributed by atoms with E-state index in [9.17, 15) is 0 Å². The fourth-order valence-electron chi connectivity index (χ4n) is 5.32. The lowest BCUT2D eigenvalue weighted by Gasteiger charge is -2.24. The van der Waals surface area contributed by atoms with Gasteiger partial charge in [-0.25, -0.2) is 0 Å². The van der Waals surface area contributed by atoms with Crippen molar-refractivity contribution in [3.05, 3.63) is 130 Å². The van der Waals surface area contributed by atoms with Crippen molar-refractivity contribution in [2.75, 3.05) is 0 Å². The largest absolute Gasteiger partial charge is 0.112 e. The van der Waals surface area contributed by atoms with Crippen LogP contribution in [0.3, 0.4) is 0 Å². The van der Waals surface area contributed by atoms with Gasteiger partial charge in [0.05, 0.1) is 0 Å².